The van der Waals surface area contributed by atoms with Gasteiger partial charge >= 0.3 is 0 Å². The van der Waals surface area contributed by atoms with Crippen LogP contribution >= 0.6 is 27.3 Å². The van der Waals surface area contributed by atoms with E-state index in [9.17, 15) is 0 Å². The van der Waals surface area contributed by atoms with E-state index < -0.39 is 0 Å². The van der Waals surface area contributed by atoms with Crippen LogP contribution in [-0.2, 0) is 0 Å². The molecule has 0 aliphatic carbocycles. The molecule has 2 N–H and O–H groups in total. The number of halogens is 1. The van der Waals surface area contributed by atoms with Gasteiger partial charge < -0.3 is 10.4 Å². The van der Waals surface area contributed by atoms with Crippen molar-refractivity contribution >= 4 is 43.3 Å². The molecule has 0 fully saturated rings. The molecule has 0 saturated carbocycles. The number of nitrogens with zero attached hydrogens (tertiary/aromatic N) is 2. The molecule has 2 aromatic heterocycles. The normalized spacial score (nSPS) is 10.7. The highest BCUT2D eigenvalue weighted by Crippen LogP contribution is 2.31. The molecule has 0 aromatic carbocycles. The quantitative estimate of drug-likeness (QED) is 0.803. The van der Waals surface area contributed by atoms with Gasteiger partial charge in [0, 0.05) is 13.7 Å². The number of aliphatic hydroxyl groups is 1. The monoisotopic (exact) mass is 353 g/mol. The predicted molar refractivity (Wildman–Crippen MR) is 90.2 cm³/mol. The summed E-state index contributed by atoms with van der Waals surface area (Å²) in [7, 11) is 1.00. The number of allylic oxidation sites excluding steroid dienone is 2. The van der Waals surface area contributed by atoms with Crippen molar-refractivity contribution in [1.82, 2.24) is 9.97 Å². The van der Waals surface area contributed by atoms with Crippen molar-refractivity contribution in [3.8, 4) is 0 Å². The summed E-state index contributed by atoms with van der Waals surface area (Å²) in [6.07, 6.45) is 7.03. The van der Waals surface area contributed by atoms with Gasteiger partial charge in [-0.2, -0.15) is 0 Å². The van der Waals surface area contributed by atoms with Crippen LogP contribution in [0.2, 0.25) is 0 Å². The first-order valence-corrected chi connectivity index (χ1v) is 7.38. The molecule has 2 heterocycles. The van der Waals surface area contributed by atoms with Crippen LogP contribution in [0.4, 0.5) is 5.82 Å². The van der Waals surface area contributed by atoms with Gasteiger partial charge in [-0.05, 0) is 27.6 Å². The Morgan fingerprint density at radius 3 is 2.85 bits per heavy atom. The van der Waals surface area contributed by atoms with E-state index in [-0.39, 0.29) is 0 Å². The fraction of sp³-hybridized carbons (Fsp3) is 0.143. The molecule has 2 aromatic rings. The standard InChI is InChI=1S/C13H12BrN3S.CH4O/c1-3-5-9(4-2)7-15-12-10-6-11(14)18-13(10)17-8-16-12;1-2/h3-6,8H,1-2,7H2,(H,15,16,17);2H,1H3/b9-5+;. The van der Waals surface area contributed by atoms with Crippen molar-refractivity contribution in [3.05, 3.63) is 53.1 Å². The molecule has 0 amide bonds. The molecule has 0 unspecified atom stereocenters. The molecule has 0 saturated heterocycles. The van der Waals surface area contributed by atoms with Gasteiger partial charge in [-0.1, -0.05) is 31.4 Å². The third-order valence-corrected chi connectivity index (χ3v) is 3.90. The number of nitrogens with one attached hydrogen (secondary N) is 1. The van der Waals surface area contributed by atoms with E-state index in [4.69, 9.17) is 5.11 Å². The van der Waals surface area contributed by atoms with E-state index in [1.165, 1.54) is 0 Å². The number of rotatable bonds is 5. The van der Waals surface area contributed by atoms with Crippen molar-refractivity contribution in [2.24, 2.45) is 0 Å². The van der Waals surface area contributed by atoms with Gasteiger partial charge in [0.2, 0.25) is 0 Å². The lowest BCUT2D eigenvalue weighted by Gasteiger charge is -2.06. The summed E-state index contributed by atoms with van der Waals surface area (Å²) in [5.41, 5.74) is 1.06. The second kappa shape index (κ2) is 8.63. The first-order chi connectivity index (χ1) is 9.74. The Morgan fingerprint density at radius 1 is 1.45 bits per heavy atom. The summed E-state index contributed by atoms with van der Waals surface area (Å²) in [4.78, 5) is 9.46. The van der Waals surface area contributed by atoms with Crippen molar-refractivity contribution in [2.45, 2.75) is 0 Å². The number of hydrogen-bond donors (Lipinski definition) is 2. The van der Waals surface area contributed by atoms with Gasteiger partial charge in [0.05, 0.1) is 9.17 Å². The first kappa shape index (κ1) is 16.6. The summed E-state index contributed by atoms with van der Waals surface area (Å²) < 4.78 is 1.05. The largest absolute Gasteiger partial charge is 0.400 e. The van der Waals surface area contributed by atoms with Gasteiger partial charge in [0.15, 0.2) is 0 Å². The fourth-order valence-electron chi connectivity index (χ4n) is 1.50. The maximum atomic E-state index is 7.00. The molecule has 0 radical (unpaired) electrons. The predicted octanol–water partition coefficient (Wildman–Crippen LogP) is 3.77. The average molecular weight is 354 g/mol. The highest BCUT2D eigenvalue weighted by molar-refractivity contribution is 9.11. The minimum absolute atomic E-state index is 0.662. The van der Waals surface area contributed by atoms with Crippen molar-refractivity contribution in [1.29, 1.82) is 0 Å². The summed E-state index contributed by atoms with van der Waals surface area (Å²) >= 11 is 5.05. The van der Waals surface area contributed by atoms with Crippen LogP contribution in [0.3, 0.4) is 0 Å². The summed E-state index contributed by atoms with van der Waals surface area (Å²) in [6, 6.07) is 2.02. The zero-order valence-corrected chi connectivity index (χ0v) is 13.5. The van der Waals surface area contributed by atoms with Crippen LogP contribution in [-0.4, -0.2) is 28.7 Å². The van der Waals surface area contributed by atoms with E-state index in [2.05, 4.69) is 44.4 Å². The van der Waals surface area contributed by atoms with E-state index >= 15 is 0 Å². The van der Waals surface area contributed by atoms with Gasteiger partial charge in [0.25, 0.3) is 0 Å². The van der Waals surface area contributed by atoms with Crippen molar-refractivity contribution < 1.29 is 5.11 Å². The van der Waals surface area contributed by atoms with Crippen LogP contribution < -0.4 is 5.32 Å². The van der Waals surface area contributed by atoms with Crippen LogP contribution in [0.15, 0.2) is 53.1 Å². The molecular weight excluding hydrogens is 338 g/mol. The van der Waals surface area contributed by atoms with Crippen LogP contribution in [0.25, 0.3) is 10.2 Å². The van der Waals surface area contributed by atoms with Crippen LogP contribution in [0.5, 0.6) is 0 Å². The van der Waals surface area contributed by atoms with Gasteiger partial charge in [0.1, 0.15) is 17.0 Å². The lowest BCUT2D eigenvalue weighted by Crippen LogP contribution is -2.05. The number of hydrogen-bond acceptors (Lipinski definition) is 5. The molecular formula is C14H16BrN3OS. The van der Waals surface area contributed by atoms with Crippen LogP contribution in [0, 0.1) is 0 Å². The molecule has 0 aliphatic rings. The molecule has 106 valence electrons. The number of anilines is 1. The molecule has 20 heavy (non-hydrogen) atoms. The Hall–Kier alpha value is -1.50. The van der Waals surface area contributed by atoms with E-state index in [0.717, 1.165) is 32.5 Å². The van der Waals surface area contributed by atoms with E-state index in [1.807, 2.05) is 12.1 Å². The Morgan fingerprint density at radius 2 is 2.20 bits per heavy atom. The van der Waals surface area contributed by atoms with Crippen LogP contribution in [0.1, 0.15) is 0 Å². The van der Waals surface area contributed by atoms with E-state index in [0.29, 0.717) is 6.54 Å². The Balaban J connectivity index is 0.000000956. The average Bonchev–Trinajstić information content (AvgIpc) is 2.86. The lowest BCUT2D eigenvalue weighted by molar-refractivity contribution is 0.399. The summed E-state index contributed by atoms with van der Waals surface area (Å²) in [6.45, 7) is 8.10. The molecule has 6 heteroatoms. The molecule has 0 spiro atoms. The molecule has 4 nitrogen and oxygen atoms in total. The fourth-order valence-corrected chi connectivity index (χ4v) is 2.92. The molecule has 2 rings (SSSR count). The SMILES string of the molecule is C=C/C=C(\C=C)CNc1ncnc2sc(Br)cc12.CO. The Kier molecular flexibility index (Phi) is 7.14. The number of aliphatic hydroxyl groups excluding tert-OH is 1. The molecule has 0 atom stereocenters. The molecule has 0 bridgehead atoms. The zero-order chi connectivity index (χ0) is 15.0. The topological polar surface area (TPSA) is 58.0 Å². The zero-order valence-electron chi connectivity index (χ0n) is 11.1. The summed E-state index contributed by atoms with van der Waals surface area (Å²) in [5, 5.41) is 11.3. The Labute approximate surface area is 130 Å². The van der Waals surface area contributed by atoms with Gasteiger partial charge in [-0.3, -0.25) is 0 Å². The maximum Gasteiger partial charge on any atom is 0.138 e. The highest BCUT2D eigenvalue weighted by Gasteiger charge is 2.06. The third kappa shape index (κ3) is 4.26. The summed E-state index contributed by atoms with van der Waals surface area (Å²) in [5.74, 6) is 0.832. The van der Waals surface area contributed by atoms with Gasteiger partial charge in [-0.15, -0.1) is 11.3 Å². The van der Waals surface area contributed by atoms with Gasteiger partial charge in [-0.25, -0.2) is 9.97 Å². The minimum atomic E-state index is 0.662. The second-order valence-corrected chi connectivity index (χ2v) is 5.94. The number of aromatic nitrogens is 2. The van der Waals surface area contributed by atoms with Crippen molar-refractivity contribution in [3.63, 3.8) is 0 Å². The van der Waals surface area contributed by atoms with E-state index in [1.54, 1.807) is 29.8 Å². The first-order valence-electron chi connectivity index (χ1n) is 5.77. The number of fused-ring (bicyclic) bond motifs is 1. The molecule has 0 aliphatic heterocycles. The Bertz CT molecular complexity index is 622. The minimum Gasteiger partial charge on any atom is -0.400 e. The number of thiophene rings is 1. The van der Waals surface area contributed by atoms with Crippen molar-refractivity contribution in [2.75, 3.05) is 19.0 Å². The lowest BCUT2D eigenvalue weighted by atomic mass is 10.2. The third-order valence-electron chi connectivity index (χ3n) is 2.35. The maximum absolute atomic E-state index is 7.00. The highest BCUT2D eigenvalue weighted by atomic mass is 79.9. The second-order valence-electron chi connectivity index (χ2n) is 3.53. The smallest absolute Gasteiger partial charge is 0.138 e.